The maximum atomic E-state index is 11.0. The van der Waals surface area contributed by atoms with Crippen molar-refractivity contribution in [3.8, 4) is 0 Å². The number of alkyl halides is 3. The highest BCUT2D eigenvalue weighted by Gasteiger charge is 2.35. The summed E-state index contributed by atoms with van der Waals surface area (Å²) < 4.78 is 15.8. The zero-order chi connectivity index (χ0) is 11.7. The molecule has 0 bridgehead atoms. The molecule has 0 aromatic rings. The summed E-state index contributed by atoms with van der Waals surface area (Å²) in [4.78, 5) is 17.9. The van der Waals surface area contributed by atoms with Crippen LogP contribution in [0.4, 0.5) is 0 Å². The van der Waals surface area contributed by atoms with Crippen molar-refractivity contribution in [2.75, 3.05) is 19.7 Å². The molecule has 0 spiro atoms. The van der Waals surface area contributed by atoms with E-state index in [1.807, 2.05) is 0 Å². The molecule has 5 nitrogen and oxygen atoms in total. The van der Waals surface area contributed by atoms with Crippen LogP contribution in [-0.4, -0.2) is 44.1 Å². The van der Waals surface area contributed by atoms with E-state index < -0.39 is 17.6 Å². The summed E-state index contributed by atoms with van der Waals surface area (Å²) >= 11 is 16.7. The number of halogens is 3. The second-order valence-electron chi connectivity index (χ2n) is 3.24. The Hall–Kier alpha value is 0.940. The Bertz CT molecular complexity index is 266. The smallest absolute Gasteiger partial charge is 0.375 e. The Morgan fingerprint density at radius 2 is 2.07 bits per heavy atom. The van der Waals surface area contributed by atoms with E-state index in [2.05, 4.69) is 0 Å². The zero-order valence-electron chi connectivity index (χ0n) is 7.65. The van der Waals surface area contributed by atoms with Gasteiger partial charge in [-0.15, -0.1) is 0 Å². The predicted octanol–water partition coefficient (Wildman–Crippen LogP) is 1.54. The van der Waals surface area contributed by atoms with E-state index in [1.54, 1.807) is 0 Å². The number of hydrogen-bond donors (Lipinski definition) is 2. The fraction of sp³-hybridized carbons (Fsp3) is 1.00. The first-order valence-corrected chi connectivity index (χ1v) is 6.88. The zero-order valence-corrected chi connectivity index (χ0v) is 10.8. The second kappa shape index (κ2) is 5.07. The van der Waals surface area contributed by atoms with Crippen LogP contribution in [0.25, 0.3) is 0 Å². The Labute approximate surface area is 102 Å². The normalized spacial score (nSPS) is 25.5. The summed E-state index contributed by atoms with van der Waals surface area (Å²) in [5, 5.41) is 0. The minimum Gasteiger partial charge on any atom is -0.375 e. The molecule has 90 valence electrons. The van der Waals surface area contributed by atoms with E-state index in [-0.39, 0.29) is 26.1 Å². The van der Waals surface area contributed by atoms with Gasteiger partial charge in [-0.05, 0) is 0 Å². The Balaban J connectivity index is 2.54. The molecule has 1 saturated heterocycles. The van der Waals surface area contributed by atoms with Crippen molar-refractivity contribution in [3.05, 3.63) is 0 Å². The molecule has 9 heteroatoms. The van der Waals surface area contributed by atoms with Gasteiger partial charge in [0.15, 0.2) is 3.79 Å². The third kappa shape index (κ3) is 5.20. The van der Waals surface area contributed by atoms with Crippen LogP contribution in [0.2, 0.25) is 0 Å². The lowest BCUT2D eigenvalue weighted by Gasteiger charge is -2.33. The average Bonchev–Trinajstić information content (AvgIpc) is 1.99. The van der Waals surface area contributed by atoms with Gasteiger partial charge in [-0.1, -0.05) is 34.8 Å². The lowest BCUT2D eigenvalue weighted by Crippen LogP contribution is -2.41. The largest absolute Gasteiger partial charge is 0.403 e. The first kappa shape index (κ1) is 14.0. The van der Waals surface area contributed by atoms with Gasteiger partial charge in [-0.3, -0.25) is 0 Å². The summed E-state index contributed by atoms with van der Waals surface area (Å²) in [7, 11) is -4.22. The molecule has 1 aliphatic heterocycles. The minimum absolute atomic E-state index is 0.0676. The van der Waals surface area contributed by atoms with E-state index in [1.165, 1.54) is 0 Å². The Morgan fingerprint density at radius 1 is 1.47 bits per heavy atom. The van der Waals surface area contributed by atoms with E-state index in [0.29, 0.717) is 0 Å². The number of ether oxygens (including phenoxy) is 1. The molecule has 1 rings (SSSR count). The second-order valence-corrected chi connectivity index (χ2v) is 7.35. The first-order valence-electron chi connectivity index (χ1n) is 4.18. The minimum atomic E-state index is -4.22. The lowest BCUT2D eigenvalue weighted by atomic mass is 10.2. The van der Waals surface area contributed by atoms with Crippen molar-refractivity contribution in [3.63, 3.8) is 0 Å². The molecule has 0 saturated carbocycles. The molecule has 1 aliphatic rings. The third-order valence-electron chi connectivity index (χ3n) is 1.94. The Morgan fingerprint density at radius 3 is 2.53 bits per heavy atom. The molecular weight excluding hydrogens is 287 g/mol. The molecule has 0 aromatic heterocycles. The monoisotopic (exact) mass is 297 g/mol. The highest BCUT2D eigenvalue weighted by atomic mass is 35.6. The fourth-order valence-corrected chi connectivity index (χ4v) is 2.58. The third-order valence-corrected chi connectivity index (χ3v) is 3.51. The molecule has 15 heavy (non-hydrogen) atoms. The highest BCUT2D eigenvalue weighted by molar-refractivity contribution is 7.49. The van der Waals surface area contributed by atoms with Crippen LogP contribution in [0, 0.1) is 0 Å². The van der Waals surface area contributed by atoms with Gasteiger partial charge in [0, 0.05) is 19.5 Å². The first-order chi connectivity index (χ1) is 6.68. The summed E-state index contributed by atoms with van der Waals surface area (Å²) in [6.45, 7) is 0.468. The van der Waals surface area contributed by atoms with Gasteiger partial charge in [0.2, 0.25) is 0 Å². The predicted molar refractivity (Wildman–Crippen MR) is 58.3 cm³/mol. The summed E-state index contributed by atoms with van der Waals surface area (Å²) in [6, 6.07) is 0. The van der Waals surface area contributed by atoms with Gasteiger partial charge in [-0.2, -0.15) is 0 Å². The quantitative estimate of drug-likeness (QED) is 0.598. The lowest BCUT2D eigenvalue weighted by molar-refractivity contribution is -0.0123. The number of hydrogen-bond acceptors (Lipinski definition) is 2. The van der Waals surface area contributed by atoms with Gasteiger partial charge in [0.05, 0.1) is 12.7 Å². The van der Waals surface area contributed by atoms with Gasteiger partial charge in [0.25, 0.3) is 0 Å². The fourth-order valence-electron chi connectivity index (χ4n) is 1.32. The van der Waals surface area contributed by atoms with Crippen LogP contribution in [0.5, 0.6) is 0 Å². The molecule has 0 aliphatic carbocycles. The van der Waals surface area contributed by atoms with Crippen LogP contribution in [-0.2, 0) is 9.30 Å². The topological polar surface area (TPSA) is 70.0 Å². The molecule has 1 unspecified atom stereocenters. The van der Waals surface area contributed by atoms with E-state index in [4.69, 9.17) is 49.3 Å². The molecule has 2 N–H and O–H groups in total. The van der Waals surface area contributed by atoms with Crippen molar-refractivity contribution in [1.82, 2.24) is 4.67 Å². The SMILES string of the molecule is O=P(O)(O)N1CCOC(CC(Cl)(Cl)Cl)C1. The van der Waals surface area contributed by atoms with Crippen LogP contribution < -0.4 is 0 Å². The van der Waals surface area contributed by atoms with Crippen molar-refractivity contribution < 1.29 is 19.1 Å². The molecule has 0 aromatic carbocycles. The van der Waals surface area contributed by atoms with Crippen molar-refractivity contribution in [1.29, 1.82) is 0 Å². The number of nitrogens with zero attached hydrogens (tertiary/aromatic N) is 1. The molecule has 0 radical (unpaired) electrons. The molecule has 0 amide bonds. The highest BCUT2D eigenvalue weighted by Crippen LogP contribution is 2.42. The van der Waals surface area contributed by atoms with Crippen molar-refractivity contribution in [2.45, 2.75) is 16.3 Å². The average molecular weight is 298 g/mol. The van der Waals surface area contributed by atoms with Crippen molar-refractivity contribution >= 4 is 42.5 Å². The molecule has 1 fully saturated rings. The van der Waals surface area contributed by atoms with Crippen LogP contribution in [0.15, 0.2) is 0 Å². The van der Waals surface area contributed by atoms with Gasteiger partial charge in [0.1, 0.15) is 0 Å². The molecule has 1 atom stereocenters. The van der Waals surface area contributed by atoms with E-state index in [9.17, 15) is 4.57 Å². The summed E-state index contributed by atoms with van der Waals surface area (Å²) in [5.41, 5.74) is 0. The number of morpholine rings is 1. The van der Waals surface area contributed by atoms with Gasteiger partial charge in [-0.25, -0.2) is 9.24 Å². The van der Waals surface area contributed by atoms with E-state index in [0.717, 1.165) is 4.67 Å². The van der Waals surface area contributed by atoms with Crippen LogP contribution in [0.1, 0.15) is 6.42 Å². The van der Waals surface area contributed by atoms with Crippen LogP contribution in [0.3, 0.4) is 0 Å². The summed E-state index contributed by atoms with van der Waals surface area (Å²) in [5.74, 6) is 0. The van der Waals surface area contributed by atoms with Gasteiger partial charge < -0.3 is 14.5 Å². The number of rotatable bonds is 2. The maximum absolute atomic E-state index is 11.0. The standard InChI is InChI=1S/C6H11Cl3NO4P/c7-6(8,9)3-5-4-10(1-2-14-5)15(11,12)13/h5H,1-4H2,(H2,11,12,13). The maximum Gasteiger partial charge on any atom is 0.403 e. The molecule has 1 heterocycles. The summed E-state index contributed by atoms with van der Waals surface area (Å²) in [6.07, 6.45) is -0.368. The van der Waals surface area contributed by atoms with E-state index >= 15 is 0 Å². The Kier molecular flexibility index (Phi) is 4.73. The molecular formula is C6H11Cl3NO4P. The van der Waals surface area contributed by atoms with Crippen molar-refractivity contribution in [2.24, 2.45) is 0 Å². The van der Waals surface area contributed by atoms with Crippen LogP contribution >= 0.6 is 42.5 Å². The van der Waals surface area contributed by atoms with Gasteiger partial charge >= 0.3 is 7.75 Å².